The summed E-state index contributed by atoms with van der Waals surface area (Å²) in [5.41, 5.74) is 0.532. The SMILES string of the molecule is Cc1cc(Cl)c(C(O)C(O)CCl)cc1F. The highest BCUT2D eigenvalue weighted by Crippen LogP contribution is 2.28. The lowest BCUT2D eigenvalue weighted by molar-refractivity contribution is 0.0326. The van der Waals surface area contributed by atoms with Gasteiger partial charge in [-0.1, -0.05) is 11.6 Å². The third-order valence-corrected chi connectivity index (χ3v) is 2.76. The first-order valence-corrected chi connectivity index (χ1v) is 5.26. The van der Waals surface area contributed by atoms with Gasteiger partial charge in [0.2, 0.25) is 0 Å². The second-order valence-corrected chi connectivity index (χ2v) is 4.01. The minimum atomic E-state index is -1.27. The molecule has 2 unspecified atom stereocenters. The Morgan fingerprint density at radius 1 is 1.40 bits per heavy atom. The summed E-state index contributed by atoms with van der Waals surface area (Å²) in [7, 11) is 0. The molecule has 15 heavy (non-hydrogen) atoms. The predicted molar refractivity (Wildman–Crippen MR) is 57.8 cm³/mol. The fraction of sp³-hybridized carbons (Fsp3) is 0.400. The molecule has 0 saturated heterocycles. The first-order valence-electron chi connectivity index (χ1n) is 4.35. The Labute approximate surface area is 97.3 Å². The van der Waals surface area contributed by atoms with Gasteiger partial charge in [0.25, 0.3) is 0 Å². The number of aliphatic hydroxyl groups is 2. The lowest BCUT2D eigenvalue weighted by atomic mass is 10.0. The van der Waals surface area contributed by atoms with E-state index in [-0.39, 0.29) is 16.5 Å². The van der Waals surface area contributed by atoms with Crippen LogP contribution in [0.2, 0.25) is 5.02 Å². The van der Waals surface area contributed by atoms with E-state index in [4.69, 9.17) is 23.2 Å². The van der Waals surface area contributed by atoms with Crippen molar-refractivity contribution in [1.29, 1.82) is 0 Å². The molecule has 0 saturated carbocycles. The van der Waals surface area contributed by atoms with Crippen LogP contribution in [0.5, 0.6) is 0 Å². The van der Waals surface area contributed by atoms with Crippen molar-refractivity contribution >= 4 is 23.2 Å². The van der Waals surface area contributed by atoms with Gasteiger partial charge in [-0.3, -0.25) is 0 Å². The lowest BCUT2D eigenvalue weighted by Crippen LogP contribution is -2.20. The lowest BCUT2D eigenvalue weighted by Gasteiger charge is -2.17. The van der Waals surface area contributed by atoms with Crippen LogP contribution < -0.4 is 0 Å². The van der Waals surface area contributed by atoms with Gasteiger partial charge in [-0.25, -0.2) is 4.39 Å². The highest BCUT2D eigenvalue weighted by atomic mass is 35.5. The van der Waals surface area contributed by atoms with E-state index < -0.39 is 18.0 Å². The molecule has 0 aromatic heterocycles. The average Bonchev–Trinajstić information content (AvgIpc) is 2.21. The van der Waals surface area contributed by atoms with E-state index in [2.05, 4.69) is 0 Å². The maximum Gasteiger partial charge on any atom is 0.126 e. The second-order valence-electron chi connectivity index (χ2n) is 3.29. The van der Waals surface area contributed by atoms with Crippen molar-refractivity contribution in [3.63, 3.8) is 0 Å². The molecule has 2 N–H and O–H groups in total. The van der Waals surface area contributed by atoms with E-state index in [0.717, 1.165) is 6.07 Å². The van der Waals surface area contributed by atoms with E-state index in [0.29, 0.717) is 5.56 Å². The summed E-state index contributed by atoms with van der Waals surface area (Å²) in [6.45, 7) is 1.56. The predicted octanol–water partition coefficient (Wildman–Crippen LogP) is 2.42. The fourth-order valence-electron chi connectivity index (χ4n) is 1.18. The molecule has 0 bridgehead atoms. The molecule has 0 heterocycles. The van der Waals surface area contributed by atoms with Crippen LogP contribution in [0.1, 0.15) is 17.2 Å². The van der Waals surface area contributed by atoms with Crippen molar-refractivity contribution in [3.8, 4) is 0 Å². The molecular formula is C10H11Cl2FO2. The molecule has 0 spiro atoms. The van der Waals surface area contributed by atoms with Gasteiger partial charge in [0, 0.05) is 10.6 Å². The van der Waals surface area contributed by atoms with Gasteiger partial charge in [-0.2, -0.15) is 0 Å². The topological polar surface area (TPSA) is 40.5 Å². The van der Waals surface area contributed by atoms with Crippen molar-refractivity contribution in [2.75, 3.05) is 5.88 Å². The molecular weight excluding hydrogens is 242 g/mol. The second kappa shape index (κ2) is 5.12. The molecule has 0 radical (unpaired) electrons. The highest BCUT2D eigenvalue weighted by Gasteiger charge is 2.21. The van der Waals surface area contributed by atoms with Gasteiger partial charge in [-0.05, 0) is 24.6 Å². The van der Waals surface area contributed by atoms with Crippen molar-refractivity contribution < 1.29 is 14.6 Å². The zero-order valence-electron chi connectivity index (χ0n) is 8.04. The number of halogens is 3. The van der Waals surface area contributed by atoms with Crippen LogP contribution in [0.3, 0.4) is 0 Å². The Balaban J connectivity index is 3.09. The molecule has 2 atom stereocenters. The summed E-state index contributed by atoms with van der Waals surface area (Å²) >= 11 is 11.2. The summed E-state index contributed by atoms with van der Waals surface area (Å²) in [6, 6.07) is 2.51. The van der Waals surface area contributed by atoms with E-state index in [1.807, 2.05) is 0 Å². The summed E-state index contributed by atoms with van der Waals surface area (Å²) < 4.78 is 13.2. The zero-order chi connectivity index (χ0) is 11.6. The number of hydrogen-bond acceptors (Lipinski definition) is 2. The number of benzene rings is 1. The van der Waals surface area contributed by atoms with Gasteiger partial charge >= 0.3 is 0 Å². The van der Waals surface area contributed by atoms with Crippen LogP contribution in [-0.4, -0.2) is 22.2 Å². The van der Waals surface area contributed by atoms with E-state index in [1.165, 1.54) is 6.07 Å². The maximum atomic E-state index is 13.2. The third kappa shape index (κ3) is 2.82. The summed E-state index contributed by atoms with van der Waals surface area (Å²) in [6.07, 6.45) is -2.43. The Hall–Kier alpha value is -0.350. The molecule has 0 aliphatic carbocycles. The van der Waals surface area contributed by atoms with Crippen molar-refractivity contribution in [2.24, 2.45) is 0 Å². The van der Waals surface area contributed by atoms with Gasteiger partial charge in [0.05, 0.1) is 12.0 Å². The molecule has 1 rings (SSSR count). The highest BCUT2D eigenvalue weighted by molar-refractivity contribution is 6.31. The Morgan fingerprint density at radius 2 is 2.00 bits per heavy atom. The zero-order valence-corrected chi connectivity index (χ0v) is 9.56. The smallest absolute Gasteiger partial charge is 0.126 e. The monoisotopic (exact) mass is 252 g/mol. The van der Waals surface area contributed by atoms with E-state index in [9.17, 15) is 14.6 Å². The molecule has 0 aliphatic rings. The van der Waals surface area contributed by atoms with Crippen LogP contribution in [0.25, 0.3) is 0 Å². The third-order valence-electron chi connectivity index (χ3n) is 2.12. The van der Waals surface area contributed by atoms with Gasteiger partial charge < -0.3 is 10.2 Å². The minimum absolute atomic E-state index is 0.146. The summed E-state index contributed by atoms with van der Waals surface area (Å²) in [5, 5.41) is 19.1. The quantitative estimate of drug-likeness (QED) is 0.812. The number of alkyl halides is 1. The van der Waals surface area contributed by atoms with Crippen LogP contribution in [0, 0.1) is 12.7 Å². The van der Waals surface area contributed by atoms with Crippen molar-refractivity contribution in [2.45, 2.75) is 19.1 Å². The van der Waals surface area contributed by atoms with E-state index >= 15 is 0 Å². The number of aryl methyl sites for hydroxylation is 1. The number of aliphatic hydroxyl groups excluding tert-OH is 2. The first kappa shape index (κ1) is 12.7. The largest absolute Gasteiger partial charge is 0.389 e. The van der Waals surface area contributed by atoms with Gasteiger partial charge in [-0.15, -0.1) is 11.6 Å². The minimum Gasteiger partial charge on any atom is -0.389 e. The summed E-state index contributed by atoms with van der Waals surface area (Å²) in [5.74, 6) is -0.622. The molecule has 0 aliphatic heterocycles. The Morgan fingerprint density at radius 3 is 2.53 bits per heavy atom. The van der Waals surface area contributed by atoms with Crippen molar-refractivity contribution in [3.05, 3.63) is 34.1 Å². The molecule has 5 heteroatoms. The average molecular weight is 253 g/mol. The van der Waals surface area contributed by atoms with Crippen LogP contribution in [0.4, 0.5) is 4.39 Å². The van der Waals surface area contributed by atoms with Crippen molar-refractivity contribution in [1.82, 2.24) is 0 Å². The molecule has 84 valence electrons. The Bertz CT molecular complexity index is 358. The molecule has 0 fully saturated rings. The summed E-state index contributed by atoms with van der Waals surface area (Å²) in [4.78, 5) is 0. The molecule has 1 aromatic carbocycles. The fourth-order valence-corrected chi connectivity index (χ4v) is 1.68. The van der Waals surface area contributed by atoms with Gasteiger partial charge in [0.15, 0.2) is 0 Å². The van der Waals surface area contributed by atoms with Gasteiger partial charge in [0.1, 0.15) is 11.9 Å². The van der Waals surface area contributed by atoms with E-state index in [1.54, 1.807) is 6.92 Å². The van der Waals surface area contributed by atoms with Crippen LogP contribution in [0.15, 0.2) is 12.1 Å². The Kier molecular flexibility index (Phi) is 4.34. The number of hydrogen-bond donors (Lipinski definition) is 2. The molecule has 0 amide bonds. The maximum absolute atomic E-state index is 13.2. The number of rotatable bonds is 3. The molecule has 1 aromatic rings. The molecule has 2 nitrogen and oxygen atoms in total. The normalized spacial score (nSPS) is 15.1. The first-order chi connectivity index (χ1) is 6.97. The standard InChI is InChI=1S/C10H11Cl2FO2/c1-5-2-7(12)6(3-8(5)13)10(15)9(14)4-11/h2-3,9-10,14-15H,4H2,1H3. The van der Waals surface area contributed by atoms with Crippen LogP contribution >= 0.6 is 23.2 Å². The van der Waals surface area contributed by atoms with Crippen LogP contribution in [-0.2, 0) is 0 Å².